The maximum Gasteiger partial charge on any atom is 0.245 e. The Kier molecular flexibility index (Phi) is 6.62. The quantitative estimate of drug-likeness (QED) is 0.594. The molecule has 142 valence electrons. The van der Waals surface area contributed by atoms with Gasteiger partial charge in [-0.05, 0) is 30.0 Å². The van der Waals surface area contributed by atoms with Gasteiger partial charge in [0.2, 0.25) is 5.91 Å². The maximum atomic E-state index is 12.6. The van der Waals surface area contributed by atoms with Crippen molar-refractivity contribution in [1.82, 2.24) is 9.78 Å². The SMILES string of the molecule is CCC(O)CN(CC(=O)Nc1ccnn1Cc1cccs1)c1ccccc1. The van der Waals surface area contributed by atoms with Gasteiger partial charge in [-0.2, -0.15) is 5.10 Å². The van der Waals surface area contributed by atoms with Crippen molar-refractivity contribution in [2.45, 2.75) is 26.0 Å². The van der Waals surface area contributed by atoms with Crippen LogP contribution in [0.25, 0.3) is 0 Å². The van der Waals surface area contributed by atoms with E-state index in [0.717, 1.165) is 5.69 Å². The van der Waals surface area contributed by atoms with Crippen molar-refractivity contribution in [2.75, 3.05) is 23.3 Å². The number of hydrogen-bond donors (Lipinski definition) is 2. The summed E-state index contributed by atoms with van der Waals surface area (Å²) in [6, 6.07) is 15.5. The number of carbonyl (C=O) groups is 1. The highest BCUT2D eigenvalue weighted by molar-refractivity contribution is 7.09. The summed E-state index contributed by atoms with van der Waals surface area (Å²) >= 11 is 1.66. The van der Waals surface area contributed by atoms with E-state index in [2.05, 4.69) is 10.4 Å². The summed E-state index contributed by atoms with van der Waals surface area (Å²) in [5.41, 5.74) is 0.909. The molecule has 0 aliphatic heterocycles. The van der Waals surface area contributed by atoms with Crippen molar-refractivity contribution in [3.05, 3.63) is 65.0 Å². The van der Waals surface area contributed by atoms with Gasteiger partial charge in [0.15, 0.2) is 0 Å². The molecule has 1 amide bonds. The van der Waals surface area contributed by atoms with Crippen LogP contribution in [0.4, 0.5) is 11.5 Å². The molecule has 2 heterocycles. The molecule has 0 aliphatic rings. The maximum absolute atomic E-state index is 12.6. The number of carbonyl (C=O) groups excluding carboxylic acids is 1. The van der Waals surface area contributed by atoms with Gasteiger partial charge in [-0.25, -0.2) is 4.68 Å². The van der Waals surface area contributed by atoms with Crippen LogP contribution in [0, 0.1) is 0 Å². The summed E-state index contributed by atoms with van der Waals surface area (Å²) in [7, 11) is 0. The predicted octanol–water partition coefficient (Wildman–Crippen LogP) is 3.21. The number of para-hydroxylation sites is 1. The molecule has 2 N–H and O–H groups in total. The smallest absolute Gasteiger partial charge is 0.245 e. The topological polar surface area (TPSA) is 70.4 Å². The number of nitrogens with zero attached hydrogens (tertiary/aromatic N) is 3. The fourth-order valence-electron chi connectivity index (χ4n) is 2.75. The Balaban J connectivity index is 1.67. The highest BCUT2D eigenvalue weighted by Gasteiger charge is 2.16. The molecule has 1 aromatic carbocycles. The van der Waals surface area contributed by atoms with Crippen LogP contribution in [0.2, 0.25) is 0 Å². The predicted molar refractivity (Wildman–Crippen MR) is 109 cm³/mol. The Labute approximate surface area is 163 Å². The summed E-state index contributed by atoms with van der Waals surface area (Å²) in [4.78, 5) is 15.7. The molecule has 2 aromatic heterocycles. The number of aliphatic hydroxyl groups excluding tert-OH is 1. The van der Waals surface area contributed by atoms with E-state index in [9.17, 15) is 9.90 Å². The summed E-state index contributed by atoms with van der Waals surface area (Å²) in [6.45, 7) is 3.11. The number of hydrogen-bond acceptors (Lipinski definition) is 5. The van der Waals surface area contributed by atoms with E-state index < -0.39 is 6.10 Å². The van der Waals surface area contributed by atoms with Crippen molar-refractivity contribution < 1.29 is 9.90 Å². The monoisotopic (exact) mass is 384 g/mol. The highest BCUT2D eigenvalue weighted by Crippen LogP contribution is 2.16. The summed E-state index contributed by atoms with van der Waals surface area (Å²) < 4.78 is 1.78. The molecular weight excluding hydrogens is 360 g/mol. The molecular formula is C20H24N4O2S. The van der Waals surface area contributed by atoms with Crippen molar-refractivity contribution in [3.8, 4) is 0 Å². The number of aliphatic hydroxyl groups is 1. The van der Waals surface area contributed by atoms with Crippen LogP contribution in [0.15, 0.2) is 60.1 Å². The number of aromatic nitrogens is 2. The first-order chi connectivity index (χ1) is 13.2. The molecule has 3 aromatic rings. The van der Waals surface area contributed by atoms with Crippen LogP contribution in [0.3, 0.4) is 0 Å². The van der Waals surface area contributed by atoms with Crippen LogP contribution in [-0.4, -0.2) is 40.0 Å². The average Bonchev–Trinajstić information content (AvgIpc) is 3.34. The molecule has 1 unspecified atom stereocenters. The first kappa shape index (κ1) is 19.1. The molecule has 0 saturated heterocycles. The van der Waals surface area contributed by atoms with Crippen LogP contribution >= 0.6 is 11.3 Å². The van der Waals surface area contributed by atoms with Gasteiger partial charge in [0.05, 0.1) is 25.4 Å². The third-order valence-electron chi connectivity index (χ3n) is 4.23. The third-order valence-corrected chi connectivity index (χ3v) is 5.09. The first-order valence-corrected chi connectivity index (χ1v) is 9.85. The van der Waals surface area contributed by atoms with Crippen molar-refractivity contribution in [2.24, 2.45) is 0 Å². The van der Waals surface area contributed by atoms with Crippen LogP contribution < -0.4 is 10.2 Å². The van der Waals surface area contributed by atoms with E-state index in [1.807, 2.05) is 59.7 Å². The van der Waals surface area contributed by atoms with Crippen LogP contribution in [0.1, 0.15) is 18.2 Å². The fourth-order valence-corrected chi connectivity index (χ4v) is 3.44. The Bertz CT molecular complexity index is 833. The van der Waals surface area contributed by atoms with E-state index in [0.29, 0.717) is 25.3 Å². The second-order valence-corrected chi connectivity index (χ2v) is 7.31. The number of thiophene rings is 1. The number of nitrogens with one attached hydrogen (secondary N) is 1. The van der Waals surface area contributed by atoms with Gasteiger partial charge in [-0.1, -0.05) is 31.2 Å². The largest absolute Gasteiger partial charge is 0.391 e. The van der Waals surface area contributed by atoms with Crippen molar-refractivity contribution >= 4 is 28.7 Å². The molecule has 7 heteroatoms. The Morgan fingerprint density at radius 3 is 2.78 bits per heavy atom. The van der Waals surface area contributed by atoms with Gasteiger partial charge in [0.25, 0.3) is 0 Å². The Hall–Kier alpha value is -2.64. The lowest BCUT2D eigenvalue weighted by Gasteiger charge is -2.26. The number of rotatable bonds is 9. The van der Waals surface area contributed by atoms with Gasteiger partial charge in [-0.15, -0.1) is 11.3 Å². The molecule has 0 aliphatic carbocycles. The molecule has 0 fully saturated rings. The molecule has 1 atom stereocenters. The normalized spacial score (nSPS) is 11.9. The molecule has 27 heavy (non-hydrogen) atoms. The van der Waals surface area contributed by atoms with Crippen molar-refractivity contribution in [3.63, 3.8) is 0 Å². The van der Waals surface area contributed by atoms with E-state index in [4.69, 9.17) is 0 Å². The fraction of sp³-hybridized carbons (Fsp3) is 0.300. The second kappa shape index (κ2) is 9.34. The number of amides is 1. The van der Waals surface area contributed by atoms with Crippen molar-refractivity contribution in [1.29, 1.82) is 0 Å². The molecule has 0 bridgehead atoms. The Morgan fingerprint density at radius 2 is 2.07 bits per heavy atom. The van der Waals surface area contributed by atoms with Gasteiger partial charge in [0.1, 0.15) is 5.82 Å². The second-order valence-electron chi connectivity index (χ2n) is 6.28. The van der Waals surface area contributed by atoms with Gasteiger partial charge >= 0.3 is 0 Å². The minimum atomic E-state index is -0.484. The number of anilines is 2. The minimum absolute atomic E-state index is 0.143. The molecule has 0 radical (unpaired) electrons. The van der Waals surface area contributed by atoms with E-state index >= 15 is 0 Å². The van der Waals surface area contributed by atoms with E-state index in [1.54, 1.807) is 28.3 Å². The lowest BCUT2D eigenvalue weighted by molar-refractivity contribution is -0.115. The first-order valence-electron chi connectivity index (χ1n) is 8.97. The van der Waals surface area contributed by atoms with Crippen LogP contribution in [-0.2, 0) is 11.3 Å². The lowest BCUT2D eigenvalue weighted by atomic mass is 10.2. The molecule has 6 nitrogen and oxygen atoms in total. The summed E-state index contributed by atoms with van der Waals surface area (Å²) in [5, 5.41) is 19.3. The summed E-state index contributed by atoms with van der Waals surface area (Å²) in [6.07, 6.45) is 1.83. The molecule has 0 spiro atoms. The van der Waals surface area contributed by atoms with E-state index in [1.165, 1.54) is 4.88 Å². The van der Waals surface area contributed by atoms with Gasteiger partial charge in [-0.3, -0.25) is 4.79 Å². The minimum Gasteiger partial charge on any atom is -0.391 e. The zero-order valence-corrected chi connectivity index (χ0v) is 16.1. The highest BCUT2D eigenvalue weighted by atomic mass is 32.1. The Morgan fingerprint density at radius 1 is 1.26 bits per heavy atom. The number of benzene rings is 1. The summed E-state index contributed by atoms with van der Waals surface area (Å²) in [5.74, 6) is 0.521. The van der Waals surface area contributed by atoms with Crippen LogP contribution in [0.5, 0.6) is 0 Å². The molecule has 0 saturated carbocycles. The third kappa shape index (κ3) is 5.42. The molecule has 3 rings (SSSR count). The van der Waals surface area contributed by atoms with Gasteiger partial charge < -0.3 is 15.3 Å². The zero-order chi connectivity index (χ0) is 19.1. The van der Waals surface area contributed by atoms with E-state index in [-0.39, 0.29) is 12.5 Å². The average molecular weight is 385 g/mol. The standard InChI is InChI=1S/C20H24N4O2S/c1-2-17(25)13-23(16-7-4-3-5-8-16)15-20(26)22-19-10-11-21-24(19)14-18-9-6-12-27-18/h3-12,17,25H,2,13-15H2,1H3,(H,22,26). The van der Waals surface area contributed by atoms with Gasteiger partial charge in [0, 0.05) is 23.2 Å². The lowest BCUT2D eigenvalue weighted by Crippen LogP contribution is -2.38. The zero-order valence-electron chi connectivity index (χ0n) is 15.3.